The molecule has 0 radical (unpaired) electrons. The fourth-order valence-electron chi connectivity index (χ4n) is 8.21. The molecule has 0 aliphatic carbocycles. The van der Waals surface area contributed by atoms with E-state index in [4.69, 9.17) is 8.83 Å². The third-order valence-corrected chi connectivity index (χ3v) is 10.6. The van der Waals surface area contributed by atoms with Crippen molar-refractivity contribution in [1.82, 2.24) is 0 Å². The fraction of sp³-hybridized carbons (Fsp3) is 0. The van der Waals surface area contributed by atoms with Gasteiger partial charge in [0.25, 0.3) is 0 Å². The molecule has 0 unspecified atom stereocenters. The van der Waals surface area contributed by atoms with Crippen molar-refractivity contribution in [1.29, 1.82) is 0 Å². The van der Waals surface area contributed by atoms with Gasteiger partial charge in [-0.25, -0.2) is 0 Å². The topological polar surface area (TPSA) is 29.5 Å². The fourth-order valence-corrected chi connectivity index (χ4v) is 8.21. The number of fused-ring (bicyclic) bond motifs is 10. The summed E-state index contributed by atoms with van der Waals surface area (Å²) in [7, 11) is 0. The van der Waals surface area contributed by atoms with E-state index in [1.807, 2.05) is 0 Å². The highest BCUT2D eigenvalue weighted by atomic mass is 16.3. The van der Waals surface area contributed by atoms with Gasteiger partial charge >= 0.3 is 0 Å². The molecule has 0 saturated heterocycles. The van der Waals surface area contributed by atoms with Gasteiger partial charge in [0.1, 0.15) is 22.3 Å². The monoisotopic (exact) mass is 677 g/mol. The number of furan rings is 2. The molecule has 11 aromatic rings. The molecule has 3 heteroatoms. The number of nitrogens with zero attached hydrogens (tertiary/aromatic N) is 1. The number of rotatable bonds is 5. The largest absolute Gasteiger partial charge is 0.455 e. The first kappa shape index (κ1) is 29.6. The molecule has 11 rings (SSSR count). The van der Waals surface area contributed by atoms with Crippen LogP contribution >= 0.6 is 0 Å². The van der Waals surface area contributed by atoms with Gasteiger partial charge in [0, 0.05) is 38.3 Å². The second-order valence-corrected chi connectivity index (χ2v) is 13.7. The molecule has 0 saturated carbocycles. The van der Waals surface area contributed by atoms with Crippen LogP contribution in [0.4, 0.5) is 17.1 Å². The van der Waals surface area contributed by atoms with Gasteiger partial charge in [-0.1, -0.05) is 133 Å². The Bertz CT molecular complexity index is 3190. The lowest BCUT2D eigenvalue weighted by atomic mass is 9.97. The summed E-state index contributed by atoms with van der Waals surface area (Å²) in [6.07, 6.45) is 0. The zero-order valence-electron chi connectivity index (χ0n) is 28.7. The Morgan fingerprint density at radius 3 is 1.57 bits per heavy atom. The first-order valence-corrected chi connectivity index (χ1v) is 18.0. The van der Waals surface area contributed by atoms with Crippen LogP contribution in [0.25, 0.3) is 87.7 Å². The highest BCUT2D eigenvalue weighted by Crippen LogP contribution is 2.46. The highest BCUT2D eigenvalue weighted by Gasteiger charge is 2.22. The molecular weight excluding hydrogens is 647 g/mol. The minimum absolute atomic E-state index is 0.857. The molecule has 9 aromatic carbocycles. The third kappa shape index (κ3) is 4.68. The van der Waals surface area contributed by atoms with E-state index in [0.717, 1.165) is 93.8 Å². The Labute approximate surface area is 305 Å². The molecule has 0 spiro atoms. The molecule has 0 atom stereocenters. The van der Waals surface area contributed by atoms with Crippen LogP contribution in [0.5, 0.6) is 0 Å². The van der Waals surface area contributed by atoms with Crippen LogP contribution in [-0.4, -0.2) is 0 Å². The van der Waals surface area contributed by atoms with Crippen molar-refractivity contribution in [2.45, 2.75) is 0 Å². The van der Waals surface area contributed by atoms with E-state index in [-0.39, 0.29) is 0 Å². The van der Waals surface area contributed by atoms with E-state index in [2.05, 4.69) is 193 Å². The lowest BCUT2D eigenvalue weighted by Crippen LogP contribution is -2.10. The summed E-state index contributed by atoms with van der Waals surface area (Å²) < 4.78 is 13.3. The third-order valence-electron chi connectivity index (χ3n) is 10.6. The van der Waals surface area contributed by atoms with Crippen LogP contribution in [0.2, 0.25) is 0 Å². The molecule has 2 heterocycles. The Morgan fingerprint density at radius 1 is 0.340 bits per heavy atom. The molecule has 0 fully saturated rings. The first-order valence-electron chi connectivity index (χ1n) is 18.0. The van der Waals surface area contributed by atoms with E-state index in [0.29, 0.717) is 0 Å². The number of anilines is 3. The zero-order chi connectivity index (χ0) is 34.9. The van der Waals surface area contributed by atoms with Crippen LogP contribution in [0, 0.1) is 0 Å². The van der Waals surface area contributed by atoms with Crippen LogP contribution < -0.4 is 4.90 Å². The lowest BCUT2D eigenvalue weighted by molar-refractivity contribution is 0.672. The summed E-state index contributed by atoms with van der Waals surface area (Å²) in [4.78, 5) is 2.38. The van der Waals surface area contributed by atoms with Crippen LogP contribution in [0.3, 0.4) is 0 Å². The second kappa shape index (κ2) is 11.7. The minimum Gasteiger partial charge on any atom is -0.455 e. The van der Waals surface area contributed by atoms with Gasteiger partial charge in [-0.05, 0) is 87.6 Å². The number of hydrogen-bond donors (Lipinski definition) is 0. The predicted octanol–water partition coefficient (Wildman–Crippen LogP) is 14.6. The molecule has 0 bridgehead atoms. The number of benzene rings is 9. The Hall–Kier alpha value is -7.10. The maximum Gasteiger partial charge on any atom is 0.143 e. The molecule has 0 amide bonds. The van der Waals surface area contributed by atoms with Gasteiger partial charge in [-0.3, -0.25) is 0 Å². The van der Waals surface area contributed by atoms with Crippen molar-refractivity contribution in [2.75, 3.05) is 4.90 Å². The molecular formula is C50H31NO2. The summed E-state index contributed by atoms with van der Waals surface area (Å²) in [6.45, 7) is 0. The van der Waals surface area contributed by atoms with Gasteiger partial charge in [-0.2, -0.15) is 0 Å². The van der Waals surface area contributed by atoms with E-state index in [1.165, 1.54) is 10.9 Å². The average Bonchev–Trinajstić information content (AvgIpc) is 3.81. The highest BCUT2D eigenvalue weighted by molar-refractivity contribution is 6.21. The molecule has 0 aliphatic rings. The number of hydrogen-bond acceptors (Lipinski definition) is 3. The zero-order valence-corrected chi connectivity index (χ0v) is 28.7. The Kier molecular flexibility index (Phi) is 6.55. The van der Waals surface area contributed by atoms with Crippen LogP contribution in [0.1, 0.15) is 0 Å². The normalized spacial score (nSPS) is 11.8. The maximum atomic E-state index is 6.69. The van der Waals surface area contributed by atoms with Crippen molar-refractivity contribution in [3.63, 3.8) is 0 Å². The SMILES string of the molecule is c1ccc(-c2cccc(N(c3cccc(-c4cccc5oc6c7ccccc7ccc6c45)c3)c3cccc4oc5c6ccccc6ccc5c34)c2)cc1. The average molecular weight is 678 g/mol. The standard InChI is InChI=1S/C50H31NO2/c1-2-12-32(13-3-1)35-16-8-18-37(30-35)51(44-23-11-25-46-48(44)43-29-27-34-15-5-7-21-41(34)50(43)53-46)38-19-9-17-36(31-38)39-22-10-24-45-47(39)42-28-26-33-14-4-6-20-40(33)49(42)52-45/h1-31H. The Morgan fingerprint density at radius 2 is 0.868 bits per heavy atom. The van der Waals surface area contributed by atoms with Crippen LogP contribution in [0.15, 0.2) is 197 Å². The molecule has 0 N–H and O–H groups in total. The van der Waals surface area contributed by atoms with E-state index >= 15 is 0 Å². The predicted molar refractivity (Wildman–Crippen MR) is 222 cm³/mol. The van der Waals surface area contributed by atoms with Gasteiger partial charge in [0.05, 0.1) is 11.1 Å². The van der Waals surface area contributed by atoms with Gasteiger partial charge < -0.3 is 13.7 Å². The van der Waals surface area contributed by atoms with Gasteiger partial charge in [0.15, 0.2) is 0 Å². The Balaban J connectivity index is 1.16. The van der Waals surface area contributed by atoms with Crippen molar-refractivity contribution in [3.8, 4) is 22.3 Å². The van der Waals surface area contributed by atoms with E-state index in [9.17, 15) is 0 Å². The molecule has 2 aromatic heterocycles. The second-order valence-electron chi connectivity index (χ2n) is 13.7. The van der Waals surface area contributed by atoms with Crippen molar-refractivity contribution in [2.24, 2.45) is 0 Å². The smallest absolute Gasteiger partial charge is 0.143 e. The molecule has 0 aliphatic heterocycles. The van der Waals surface area contributed by atoms with E-state index in [1.54, 1.807) is 0 Å². The molecule has 248 valence electrons. The van der Waals surface area contributed by atoms with Crippen molar-refractivity contribution < 1.29 is 8.83 Å². The lowest BCUT2D eigenvalue weighted by Gasteiger charge is -2.27. The summed E-state index contributed by atoms with van der Waals surface area (Å²) >= 11 is 0. The van der Waals surface area contributed by atoms with E-state index < -0.39 is 0 Å². The van der Waals surface area contributed by atoms with Crippen LogP contribution in [-0.2, 0) is 0 Å². The molecule has 3 nitrogen and oxygen atoms in total. The minimum atomic E-state index is 0.857. The van der Waals surface area contributed by atoms with Gasteiger partial charge in [-0.15, -0.1) is 0 Å². The van der Waals surface area contributed by atoms with Crippen molar-refractivity contribution in [3.05, 3.63) is 188 Å². The summed E-state index contributed by atoms with van der Waals surface area (Å²) in [5.41, 5.74) is 11.3. The first-order chi connectivity index (χ1) is 26.3. The molecule has 53 heavy (non-hydrogen) atoms. The van der Waals surface area contributed by atoms with Gasteiger partial charge in [0.2, 0.25) is 0 Å². The van der Waals surface area contributed by atoms with Crippen molar-refractivity contribution >= 4 is 82.5 Å². The summed E-state index contributed by atoms with van der Waals surface area (Å²) in [5, 5.41) is 8.99. The maximum absolute atomic E-state index is 6.69. The summed E-state index contributed by atoms with van der Waals surface area (Å²) in [5.74, 6) is 0. The quantitative estimate of drug-likeness (QED) is 0.182. The summed E-state index contributed by atoms with van der Waals surface area (Å²) in [6, 6.07) is 66.7.